The Morgan fingerprint density at radius 3 is 2.47 bits per heavy atom. The van der Waals surface area contributed by atoms with Gasteiger partial charge in [-0.2, -0.15) is 0 Å². The fourth-order valence-electron chi connectivity index (χ4n) is 4.38. The molecule has 1 fully saturated rings. The molecular weight excluding hydrogens is 475 g/mol. The van der Waals surface area contributed by atoms with Crippen LogP contribution in [0.2, 0.25) is 0 Å². The van der Waals surface area contributed by atoms with Gasteiger partial charge in [-0.05, 0) is 55.5 Å². The minimum Gasteiger partial charge on any atom is -0.481 e. The highest BCUT2D eigenvalue weighted by Gasteiger charge is 2.26. The molecule has 0 aliphatic heterocycles. The Hall–Kier alpha value is -2.97. The van der Waals surface area contributed by atoms with E-state index in [1.165, 1.54) is 6.07 Å². The normalized spacial score (nSPS) is 18.8. The van der Waals surface area contributed by atoms with Gasteiger partial charge in [-0.1, -0.05) is 41.7 Å². The average Bonchev–Trinajstić information content (AvgIpc) is 3.46. The van der Waals surface area contributed by atoms with Crippen LogP contribution < -0.4 is 10.8 Å². The lowest BCUT2D eigenvalue weighted by atomic mass is 9.86. The van der Waals surface area contributed by atoms with Gasteiger partial charge in [0.1, 0.15) is 5.76 Å². The molecule has 2 aromatic heterocycles. The summed E-state index contributed by atoms with van der Waals surface area (Å²) in [5.41, 5.74) is 3.17. The summed E-state index contributed by atoms with van der Waals surface area (Å²) >= 11 is 1.56. The van der Waals surface area contributed by atoms with Crippen LogP contribution in [0.4, 0.5) is 5.13 Å². The number of nitrogens with one attached hydrogen (secondary N) is 1. The Labute approximate surface area is 199 Å². The standard InChI is InChI=1S/C24H23N2O6PS/c27-23(28)14-7-9-17(10-8-14)25-24-26-19-6-2-5-18(22(19)34-24)15-3-1-4-16(13-15)20-11-12-21(32-20)33(29,30)31/h1-6,11-14,17H,7-10H2,(H,25,26)(H,27,28)(H2,29,30,31). The Morgan fingerprint density at radius 1 is 1.03 bits per heavy atom. The fraction of sp³-hybridized carbons (Fsp3) is 0.250. The van der Waals surface area contributed by atoms with E-state index in [-0.39, 0.29) is 17.5 Å². The van der Waals surface area contributed by atoms with Gasteiger partial charge >= 0.3 is 13.6 Å². The maximum atomic E-state index is 11.5. The Bertz CT molecular complexity index is 1400. The minimum absolute atomic E-state index is 0.213. The summed E-state index contributed by atoms with van der Waals surface area (Å²) in [5, 5.41) is 13.5. The van der Waals surface area contributed by atoms with Crippen LogP contribution in [0.25, 0.3) is 32.7 Å². The summed E-state index contributed by atoms with van der Waals surface area (Å²) < 4.78 is 17.9. The Kier molecular flexibility index (Phi) is 6.04. The van der Waals surface area contributed by atoms with Crippen molar-refractivity contribution < 1.29 is 28.7 Å². The fourth-order valence-corrected chi connectivity index (χ4v) is 5.94. The first-order chi connectivity index (χ1) is 16.3. The number of hydrogen-bond acceptors (Lipinski definition) is 6. The van der Waals surface area contributed by atoms with Crippen molar-refractivity contribution in [1.82, 2.24) is 4.98 Å². The number of carboxylic acids is 1. The van der Waals surface area contributed by atoms with E-state index in [0.29, 0.717) is 24.2 Å². The van der Waals surface area contributed by atoms with Crippen LogP contribution in [-0.2, 0) is 9.36 Å². The topological polar surface area (TPSA) is 133 Å². The van der Waals surface area contributed by atoms with Crippen molar-refractivity contribution in [3.05, 3.63) is 54.6 Å². The van der Waals surface area contributed by atoms with Crippen molar-refractivity contribution in [3.8, 4) is 22.5 Å². The molecule has 0 saturated heterocycles. The third-order valence-electron chi connectivity index (χ3n) is 6.16. The molecule has 1 aliphatic carbocycles. The van der Waals surface area contributed by atoms with Crippen molar-refractivity contribution in [2.24, 2.45) is 5.92 Å². The van der Waals surface area contributed by atoms with E-state index in [1.54, 1.807) is 17.4 Å². The molecule has 176 valence electrons. The molecule has 0 bridgehead atoms. The molecule has 34 heavy (non-hydrogen) atoms. The Balaban J connectivity index is 1.41. The zero-order valence-corrected chi connectivity index (χ0v) is 19.8. The van der Waals surface area contributed by atoms with Gasteiger partial charge in [0.05, 0.1) is 16.1 Å². The predicted molar refractivity (Wildman–Crippen MR) is 131 cm³/mol. The highest BCUT2D eigenvalue weighted by Crippen LogP contribution is 2.39. The quantitative estimate of drug-likeness (QED) is 0.271. The van der Waals surface area contributed by atoms with Crippen LogP contribution in [0, 0.1) is 5.92 Å². The van der Waals surface area contributed by atoms with Gasteiger partial charge in [0, 0.05) is 17.2 Å². The summed E-state index contributed by atoms with van der Waals surface area (Å²) in [6.07, 6.45) is 2.96. The van der Waals surface area contributed by atoms with E-state index in [2.05, 4.69) is 5.32 Å². The number of furan rings is 1. The van der Waals surface area contributed by atoms with Gasteiger partial charge in [0.2, 0.25) is 5.50 Å². The summed E-state index contributed by atoms with van der Waals surface area (Å²) in [4.78, 5) is 34.6. The molecule has 2 heterocycles. The molecule has 1 saturated carbocycles. The third-order valence-corrected chi connectivity index (χ3v) is 8.01. The first kappa shape index (κ1) is 22.8. The first-order valence-corrected chi connectivity index (χ1v) is 13.4. The number of benzene rings is 2. The molecule has 0 unspecified atom stereocenters. The number of carbonyl (C=O) groups is 1. The van der Waals surface area contributed by atoms with E-state index in [1.807, 2.05) is 42.5 Å². The molecule has 0 amide bonds. The van der Waals surface area contributed by atoms with Crippen molar-refractivity contribution >= 4 is 45.8 Å². The lowest BCUT2D eigenvalue weighted by molar-refractivity contribution is -0.142. The van der Waals surface area contributed by atoms with E-state index in [0.717, 1.165) is 39.3 Å². The molecule has 4 N–H and O–H groups in total. The zero-order chi connectivity index (χ0) is 23.9. The SMILES string of the molecule is O=C(O)C1CCC(Nc2nc3cccc(-c4cccc(-c5ccc(P(=O)(O)O)o5)c4)c3s2)CC1. The van der Waals surface area contributed by atoms with Crippen LogP contribution in [-0.4, -0.2) is 31.9 Å². The molecule has 5 rings (SSSR count). The van der Waals surface area contributed by atoms with Crippen LogP contribution in [0.1, 0.15) is 25.7 Å². The van der Waals surface area contributed by atoms with E-state index in [4.69, 9.17) is 9.40 Å². The van der Waals surface area contributed by atoms with Crippen molar-refractivity contribution in [3.63, 3.8) is 0 Å². The van der Waals surface area contributed by atoms with Gasteiger partial charge in [-0.3, -0.25) is 9.36 Å². The number of carboxylic acid groups (broad SMARTS) is 1. The number of fused-ring (bicyclic) bond motifs is 1. The molecule has 8 nitrogen and oxygen atoms in total. The van der Waals surface area contributed by atoms with Gasteiger partial charge in [-0.15, -0.1) is 0 Å². The lowest BCUT2D eigenvalue weighted by Gasteiger charge is -2.26. The van der Waals surface area contributed by atoms with Crippen LogP contribution in [0.3, 0.4) is 0 Å². The van der Waals surface area contributed by atoms with Gasteiger partial charge in [0.25, 0.3) is 0 Å². The van der Waals surface area contributed by atoms with Crippen molar-refractivity contribution in [2.75, 3.05) is 5.32 Å². The average molecular weight is 498 g/mol. The Morgan fingerprint density at radius 2 is 1.76 bits per heavy atom. The van der Waals surface area contributed by atoms with Crippen LogP contribution in [0.15, 0.2) is 59.0 Å². The van der Waals surface area contributed by atoms with E-state index < -0.39 is 13.6 Å². The molecular formula is C24H23N2O6PS. The van der Waals surface area contributed by atoms with Crippen LogP contribution >= 0.6 is 18.9 Å². The van der Waals surface area contributed by atoms with Gasteiger partial charge in [-0.25, -0.2) is 4.98 Å². The van der Waals surface area contributed by atoms with Crippen molar-refractivity contribution in [2.45, 2.75) is 31.7 Å². The lowest BCUT2D eigenvalue weighted by Crippen LogP contribution is -2.29. The number of aliphatic carboxylic acids is 1. The number of aromatic nitrogens is 1. The summed E-state index contributed by atoms with van der Waals surface area (Å²) in [7, 11) is -4.45. The predicted octanol–water partition coefficient (Wildman–Crippen LogP) is 5.08. The van der Waals surface area contributed by atoms with Gasteiger partial charge in [0.15, 0.2) is 5.13 Å². The van der Waals surface area contributed by atoms with Crippen molar-refractivity contribution in [1.29, 1.82) is 0 Å². The smallest absolute Gasteiger partial charge is 0.391 e. The maximum absolute atomic E-state index is 11.5. The highest BCUT2D eigenvalue weighted by atomic mass is 32.1. The number of thiazole rings is 1. The third kappa shape index (κ3) is 4.65. The van der Waals surface area contributed by atoms with E-state index >= 15 is 0 Å². The summed E-state index contributed by atoms with van der Waals surface area (Å²) in [6, 6.07) is 16.6. The summed E-state index contributed by atoms with van der Waals surface area (Å²) in [6.45, 7) is 0. The molecule has 10 heteroatoms. The largest absolute Gasteiger partial charge is 0.481 e. The molecule has 4 aromatic rings. The molecule has 0 atom stereocenters. The monoisotopic (exact) mass is 498 g/mol. The zero-order valence-electron chi connectivity index (χ0n) is 18.0. The maximum Gasteiger partial charge on any atom is 0.391 e. The van der Waals surface area contributed by atoms with Crippen LogP contribution in [0.5, 0.6) is 0 Å². The molecule has 0 spiro atoms. The molecule has 2 aromatic carbocycles. The van der Waals surface area contributed by atoms with E-state index in [9.17, 15) is 24.3 Å². The molecule has 1 aliphatic rings. The highest BCUT2D eigenvalue weighted by molar-refractivity contribution is 7.59. The number of nitrogens with zero attached hydrogens (tertiary/aromatic N) is 1. The minimum atomic E-state index is -4.45. The summed E-state index contributed by atoms with van der Waals surface area (Å²) in [5.74, 6) is -0.576. The second-order valence-corrected chi connectivity index (χ2v) is 11.0. The number of anilines is 1. The molecule has 0 radical (unpaired) electrons. The second kappa shape index (κ2) is 9.00. The number of hydrogen-bond donors (Lipinski definition) is 4. The second-order valence-electron chi connectivity index (χ2n) is 8.47. The first-order valence-electron chi connectivity index (χ1n) is 10.9. The number of rotatable bonds is 6. The van der Waals surface area contributed by atoms with Gasteiger partial charge < -0.3 is 24.6 Å².